The average molecular weight is 229 g/mol. The summed E-state index contributed by atoms with van der Waals surface area (Å²) < 4.78 is 0. The van der Waals surface area contributed by atoms with Gasteiger partial charge in [0.1, 0.15) is 5.92 Å². The van der Waals surface area contributed by atoms with Crippen molar-refractivity contribution in [3.05, 3.63) is 0 Å². The summed E-state index contributed by atoms with van der Waals surface area (Å²) in [6.45, 7) is 1.61. The lowest BCUT2D eigenvalue weighted by Crippen LogP contribution is -2.44. The highest BCUT2D eigenvalue weighted by atomic mass is 16.4. The molecule has 0 saturated carbocycles. The van der Waals surface area contributed by atoms with Gasteiger partial charge in [0.05, 0.1) is 13.2 Å². The molecule has 0 aromatic rings. The number of aliphatic carboxylic acids is 1. The van der Waals surface area contributed by atoms with Gasteiger partial charge in [-0.25, -0.2) is 0 Å². The number of hydrogen-bond acceptors (Lipinski definition) is 4. The number of nitrogens with two attached hydrogens (primary N) is 1. The van der Waals surface area contributed by atoms with Gasteiger partial charge in [-0.1, -0.05) is 0 Å². The van der Waals surface area contributed by atoms with Crippen molar-refractivity contribution in [1.29, 1.82) is 0 Å². The van der Waals surface area contributed by atoms with E-state index in [4.69, 9.17) is 10.8 Å². The van der Waals surface area contributed by atoms with Crippen LogP contribution in [0, 0.1) is 5.92 Å². The first-order chi connectivity index (χ1) is 7.47. The van der Waals surface area contributed by atoms with Crippen molar-refractivity contribution in [3.8, 4) is 0 Å². The predicted molar refractivity (Wildman–Crippen MR) is 54.1 cm³/mol. The van der Waals surface area contributed by atoms with Gasteiger partial charge in [0.25, 0.3) is 0 Å². The van der Waals surface area contributed by atoms with Gasteiger partial charge in [0, 0.05) is 6.04 Å². The van der Waals surface area contributed by atoms with Crippen LogP contribution >= 0.6 is 0 Å². The first kappa shape index (κ1) is 12.4. The molecular weight excluding hydrogens is 214 g/mol. The van der Waals surface area contributed by atoms with Gasteiger partial charge in [-0.15, -0.1) is 0 Å². The Morgan fingerprint density at radius 1 is 1.62 bits per heavy atom. The molecule has 2 amide bonds. The third-order valence-electron chi connectivity index (χ3n) is 2.62. The van der Waals surface area contributed by atoms with Crippen LogP contribution in [0.3, 0.4) is 0 Å². The number of hydrogen-bond donors (Lipinski definition) is 3. The van der Waals surface area contributed by atoms with Gasteiger partial charge in [-0.3, -0.25) is 14.4 Å². The van der Waals surface area contributed by atoms with Gasteiger partial charge >= 0.3 is 5.97 Å². The Hall–Kier alpha value is -1.63. The van der Waals surface area contributed by atoms with E-state index in [-0.39, 0.29) is 31.6 Å². The first-order valence-electron chi connectivity index (χ1n) is 4.97. The Morgan fingerprint density at radius 2 is 2.25 bits per heavy atom. The number of nitrogens with one attached hydrogen (secondary N) is 1. The fourth-order valence-corrected chi connectivity index (χ4v) is 1.67. The van der Waals surface area contributed by atoms with Gasteiger partial charge in [0.15, 0.2) is 0 Å². The number of amides is 2. The van der Waals surface area contributed by atoms with Crippen LogP contribution in [0.25, 0.3) is 0 Å². The van der Waals surface area contributed by atoms with Crippen LogP contribution in [0.2, 0.25) is 0 Å². The highest BCUT2D eigenvalue weighted by molar-refractivity contribution is 5.98. The second-order valence-corrected chi connectivity index (χ2v) is 3.75. The molecular formula is C9H15N3O4. The molecule has 90 valence electrons. The molecule has 0 radical (unpaired) electrons. The molecule has 4 N–H and O–H groups in total. The van der Waals surface area contributed by atoms with Crippen molar-refractivity contribution in [3.63, 3.8) is 0 Å². The van der Waals surface area contributed by atoms with Gasteiger partial charge in [0.2, 0.25) is 11.8 Å². The summed E-state index contributed by atoms with van der Waals surface area (Å²) in [5.41, 5.74) is 5.09. The third-order valence-corrected chi connectivity index (χ3v) is 2.62. The van der Waals surface area contributed by atoms with Crippen LogP contribution in [0.1, 0.15) is 13.3 Å². The monoisotopic (exact) mass is 229 g/mol. The summed E-state index contributed by atoms with van der Waals surface area (Å²) in [7, 11) is 0. The van der Waals surface area contributed by atoms with E-state index in [1.807, 2.05) is 0 Å². The average Bonchev–Trinajstić information content (AvgIpc) is 2.51. The summed E-state index contributed by atoms with van der Waals surface area (Å²) >= 11 is 0. The molecule has 1 aliphatic heterocycles. The number of nitrogens with zero attached hydrogens (tertiary/aromatic N) is 1. The molecule has 2 unspecified atom stereocenters. The van der Waals surface area contributed by atoms with Crippen molar-refractivity contribution in [2.75, 3.05) is 13.2 Å². The lowest BCUT2D eigenvalue weighted by Gasteiger charge is -2.21. The Morgan fingerprint density at radius 3 is 2.69 bits per heavy atom. The van der Waals surface area contributed by atoms with Crippen LogP contribution in [0.4, 0.5) is 0 Å². The van der Waals surface area contributed by atoms with E-state index in [1.54, 1.807) is 6.92 Å². The van der Waals surface area contributed by atoms with E-state index >= 15 is 0 Å². The summed E-state index contributed by atoms with van der Waals surface area (Å²) in [5, 5.41) is 11.2. The van der Waals surface area contributed by atoms with Crippen LogP contribution in [-0.2, 0) is 14.4 Å². The van der Waals surface area contributed by atoms with Gasteiger partial charge in [-0.05, 0) is 13.3 Å². The number of likely N-dealkylation sites (tertiary alicyclic amines) is 1. The second-order valence-electron chi connectivity index (χ2n) is 3.75. The molecule has 0 aromatic carbocycles. The van der Waals surface area contributed by atoms with E-state index in [9.17, 15) is 14.4 Å². The molecule has 16 heavy (non-hydrogen) atoms. The lowest BCUT2D eigenvalue weighted by molar-refractivity contribution is -0.147. The van der Waals surface area contributed by atoms with Crippen LogP contribution in [0.15, 0.2) is 0 Å². The van der Waals surface area contributed by atoms with E-state index in [0.29, 0.717) is 0 Å². The number of carboxylic acids is 1. The number of carboxylic acid groups (broad SMARTS) is 1. The third kappa shape index (κ3) is 2.48. The van der Waals surface area contributed by atoms with Crippen molar-refractivity contribution in [2.24, 2.45) is 11.7 Å². The van der Waals surface area contributed by atoms with Gasteiger partial charge < -0.3 is 21.1 Å². The highest BCUT2D eigenvalue weighted by Gasteiger charge is 2.41. The van der Waals surface area contributed by atoms with Gasteiger partial charge in [-0.2, -0.15) is 0 Å². The molecule has 1 saturated heterocycles. The number of rotatable bonds is 4. The summed E-state index contributed by atoms with van der Waals surface area (Å²) in [5.74, 6) is -2.95. The molecule has 0 aromatic heterocycles. The molecule has 7 heteroatoms. The summed E-state index contributed by atoms with van der Waals surface area (Å²) in [6.07, 6.45) is 0.270. The maximum Gasteiger partial charge on any atom is 0.316 e. The zero-order chi connectivity index (χ0) is 12.3. The Labute approximate surface area is 92.6 Å². The number of carbonyl (C=O) groups is 3. The molecule has 1 rings (SSSR count). The van der Waals surface area contributed by atoms with E-state index in [1.165, 1.54) is 4.90 Å². The van der Waals surface area contributed by atoms with E-state index in [2.05, 4.69) is 5.32 Å². The smallest absolute Gasteiger partial charge is 0.316 e. The molecule has 0 spiro atoms. The summed E-state index contributed by atoms with van der Waals surface area (Å²) in [6, 6.07) is -0.188. The lowest BCUT2D eigenvalue weighted by atomic mass is 10.1. The molecule has 7 nitrogen and oxygen atoms in total. The minimum Gasteiger partial charge on any atom is -0.481 e. The number of carbonyl (C=O) groups excluding carboxylic acids is 2. The van der Waals surface area contributed by atoms with Crippen molar-refractivity contribution in [1.82, 2.24) is 10.2 Å². The molecule has 1 aliphatic rings. The van der Waals surface area contributed by atoms with E-state index in [0.717, 1.165) is 0 Å². The van der Waals surface area contributed by atoms with Crippen LogP contribution in [-0.4, -0.2) is 47.0 Å². The first-order valence-corrected chi connectivity index (χ1v) is 4.97. The van der Waals surface area contributed by atoms with Crippen molar-refractivity contribution in [2.45, 2.75) is 19.4 Å². The topological polar surface area (TPSA) is 113 Å². The second kappa shape index (κ2) is 4.93. The molecule has 2 atom stereocenters. The van der Waals surface area contributed by atoms with Crippen molar-refractivity contribution < 1.29 is 19.5 Å². The largest absolute Gasteiger partial charge is 0.481 e. The molecule has 0 aliphatic carbocycles. The van der Waals surface area contributed by atoms with E-state index < -0.39 is 17.8 Å². The highest BCUT2D eigenvalue weighted by Crippen LogP contribution is 2.23. The zero-order valence-corrected chi connectivity index (χ0v) is 8.97. The van der Waals surface area contributed by atoms with Crippen LogP contribution < -0.4 is 11.1 Å². The van der Waals surface area contributed by atoms with Crippen molar-refractivity contribution >= 4 is 17.8 Å². The standard InChI is InChI=1S/C9H15N3O4/c1-5-2-6(9(15)16)8(14)12(5)4-11-7(13)3-10/h5-6H,2-4,10H2,1H3,(H,11,13)(H,15,16). The Balaban J connectivity index is 2.57. The molecule has 1 fully saturated rings. The maximum absolute atomic E-state index is 11.6. The fourth-order valence-electron chi connectivity index (χ4n) is 1.67. The summed E-state index contributed by atoms with van der Waals surface area (Å²) in [4.78, 5) is 34.6. The predicted octanol–water partition coefficient (Wildman–Crippen LogP) is -1.66. The molecule has 1 heterocycles. The minimum absolute atomic E-state index is 0.0137. The fraction of sp³-hybridized carbons (Fsp3) is 0.667. The minimum atomic E-state index is -1.12. The Bertz CT molecular complexity index is 318. The van der Waals surface area contributed by atoms with Crippen LogP contribution in [0.5, 0.6) is 0 Å². The molecule has 0 bridgehead atoms. The quantitative estimate of drug-likeness (QED) is 0.499. The normalized spacial score (nSPS) is 24.6. The zero-order valence-electron chi connectivity index (χ0n) is 8.97. The Kier molecular flexibility index (Phi) is 3.83. The SMILES string of the molecule is CC1CC(C(=O)O)C(=O)N1CNC(=O)CN. The maximum atomic E-state index is 11.6.